The van der Waals surface area contributed by atoms with Crippen LogP contribution in [0.4, 0.5) is 5.69 Å². The Morgan fingerprint density at radius 3 is 3.00 bits per heavy atom. The van der Waals surface area contributed by atoms with Gasteiger partial charge in [-0.2, -0.15) is 0 Å². The second-order valence-corrected chi connectivity index (χ2v) is 5.15. The first-order chi connectivity index (χ1) is 7.27. The van der Waals surface area contributed by atoms with E-state index in [0.717, 1.165) is 11.0 Å². The maximum atomic E-state index is 4.05. The minimum atomic E-state index is 0.931. The third-order valence-corrected chi connectivity index (χ3v) is 3.61. The molecule has 0 aliphatic rings. The fourth-order valence-electron chi connectivity index (χ4n) is 1.40. The first kappa shape index (κ1) is 10.6. The molecular weight excluding hydrogens is 272 g/mol. The molecule has 2 nitrogen and oxygen atoms in total. The lowest BCUT2D eigenvalue weighted by molar-refractivity contribution is 0.934. The van der Waals surface area contributed by atoms with Crippen molar-refractivity contribution in [1.29, 1.82) is 0 Å². The van der Waals surface area contributed by atoms with Gasteiger partial charge in [-0.15, -0.1) is 11.3 Å². The summed E-state index contributed by atoms with van der Waals surface area (Å²) in [6, 6.07) is 6.24. The molecule has 0 fully saturated rings. The molecule has 0 N–H and O–H groups in total. The molecule has 2 heterocycles. The van der Waals surface area contributed by atoms with E-state index in [-0.39, 0.29) is 0 Å². The summed E-state index contributed by atoms with van der Waals surface area (Å²) < 4.78 is 1.03. The van der Waals surface area contributed by atoms with Crippen LogP contribution in [0.15, 0.2) is 40.4 Å². The second kappa shape index (κ2) is 4.77. The van der Waals surface area contributed by atoms with Gasteiger partial charge in [0.2, 0.25) is 0 Å². The normalized spacial score (nSPS) is 10.3. The van der Waals surface area contributed by atoms with Crippen molar-refractivity contribution in [2.24, 2.45) is 0 Å². The third kappa shape index (κ3) is 2.58. The molecule has 78 valence electrons. The summed E-state index contributed by atoms with van der Waals surface area (Å²) >= 11 is 5.28. The molecule has 2 rings (SSSR count). The molecule has 0 radical (unpaired) electrons. The molecule has 4 heteroatoms. The second-order valence-electron chi connectivity index (χ2n) is 3.26. The summed E-state index contributed by atoms with van der Waals surface area (Å²) in [6.07, 6.45) is 3.63. The van der Waals surface area contributed by atoms with Crippen LogP contribution in [0.5, 0.6) is 0 Å². The van der Waals surface area contributed by atoms with Gasteiger partial charge in [0.05, 0.1) is 16.7 Å². The fourth-order valence-corrected chi connectivity index (χ4v) is 2.71. The molecule has 0 aliphatic carbocycles. The van der Waals surface area contributed by atoms with Crippen LogP contribution in [0.2, 0.25) is 0 Å². The highest BCUT2D eigenvalue weighted by molar-refractivity contribution is 9.10. The quantitative estimate of drug-likeness (QED) is 0.856. The first-order valence-corrected chi connectivity index (χ1v) is 6.27. The van der Waals surface area contributed by atoms with E-state index in [9.17, 15) is 0 Å². The van der Waals surface area contributed by atoms with Crippen molar-refractivity contribution in [2.75, 3.05) is 11.9 Å². The highest BCUT2D eigenvalue weighted by atomic mass is 79.9. The van der Waals surface area contributed by atoms with Crippen LogP contribution in [0.1, 0.15) is 4.88 Å². The van der Waals surface area contributed by atoms with Gasteiger partial charge >= 0.3 is 0 Å². The molecule has 0 saturated carbocycles. The SMILES string of the molecule is CN(Cc1cccs1)c1ccncc1Br. The topological polar surface area (TPSA) is 16.1 Å². The standard InChI is InChI=1S/C11H11BrN2S/c1-14(8-9-3-2-6-15-9)11-4-5-13-7-10(11)12/h2-7H,8H2,1H3. The monoisotopic (exact) mass is 282 g/mol. The molecule has 0 amide bonds. The van der Waals surface area contributed by atoms with E-state index in [4.69, 9.17) is 0 Å². The average Bonchev–Trinajstić information content (AvgIpc) is 2.71. The summed E-state index contributed by atoms with van der Waals surface area (Å²) in [7, 11) is 2.08. The molecule has 0 saturated heterocycles. The number of aromatic nitrogens is 1. The van der Waals surface area contributed by atoms with Crippen molar-refractivity contribution in [3.63, 3.8) is 0 Å². The highest BCUT2D eigenvalue weighted by Gasteiger charge is 2.06. The average molecular weight is 283 g/mol. The Balaban J connectivity index is 2.15. The van der Waals surface area contributed by atoms with E-state index < -0.39 is 0 Å². The zero-order valence-electron chi connectivity index (χ0n) is 8.35. The van der Waals surface area contributed by atoms with Gasteiger partial charge in [0, 0.05) is 24.3 Å². The fraction of sp³-hybridized carbons (Fsp3) is 0.182. The molecule has 0 bridgehead atoms. The Morgan fingerprint density at radius 2 is 2.33 bits per heavy atom. The van der Waals surface area contributed by atoms with E-state index >= 15 is 0 Å². The summed E-state index contributed by atoms with van der Waals surface area (Å²) in [5.74, 6) is 0. The number of rotatable bonds is 3. The van der Waals surface area contributed by atoms with Gasteiger partial charge in [0.15, 0.2) is 0 Å². The lowest BCUT2D eigenvalue weighted by atomic mass is 10.3. The number of hydrogen-bond acceptors (Lipinski definition) is 3. The highest BCUT2D eigenvalue weighted by Crippen LogP contribution is 2.25. The Labute approximate surface area is 102 Å². The number of pyridine rings is 1. The van der Waals surface area contributed by atoms with Crippen molar-refractivity contribution >= 4 is 33.0 Å². The van der Waals surface area contributed by atoms with E-state index in [1.165, 1.54) is 10.6 Å². The van der Waals surface area contributed by atoms with Crippen LogP contribution in [-0.4, -0.2) is 12.0 Å². The van der Waals surface area contributed by atoms with Gasteiger partial charge in [-0.05, 0) is 33.4 Å². The molecule has 0 aliphatic heterocycles. The van der Waals surface area contributed by atoms with Gasteiger partial charge in [0.1, 0.15) is 0 Å². The number of hydrogen-bond donors (Lipinski definition) is 0. The van der Waals surface area contributed by atoms with Crippen molar-refractivity contribution in [3.05, 3.63) is 45.3 Å². The number of thiophene rings is 1. The van der Waals surface area contributed by atoms with Crippen molar-refractivity contribution in [3.8, 4) is 0 Å². The number of halogens is 1. The maximum absolute atomic E-state index is 4.05. The Hall–Kier alpha value is -0.870. The lowest BCUT2D eigenvalue weighted by Crippen LogP contribution is -2.15. The van der Waals surface area contributed by atoms with Gasteiger partial charge in [-0.3, -0.25) is 4.98 Å². The molecule has 2 aromatic rings. The molecule has 0 aromatic carbocycles. The Kier molecular flexibility index (Phi) is 3.38. The van der Waals surface area contributed by atoms with Crippen LogP contribution in [-0.2, 0) is 6.54 Å². The van der Waals surface area contributed by atoms with E-state index in [1.807, 2.05) is 18.5 Å². The lowest BCUT2D eigenvalue weighted by Gasteiger charge is -2.19. The summed E-state index contributed by atoms with van der Waals surface area (Å²) in [6.45, 7) is 0.931. The largest absolute Gasteiger partial charge is 0.368 e. The molecule has 15 heavy (non-hydrogen) atoms. The first-order valence-electron chi connectivity index (χ1n) is 4.60. The third-order valence-electron chi connectivity index (χ3n) is 2.14. The van der Waals surface area contributed by atoms with Gasteiger partial charge in [-0.1, -0.05) is 6.07 Å². The zero-order valence-corrected chi connectivity index (χ0v) is 10.8. The minimum absolute atomic E-state index is 0.931. The van der Waals surface area contributed by atoms with Crippen molar-refractivity contribution in [1.82, 2.24) is 4.98 Å². The van der Waals surface area contributed by atoms with Crippen LogP contribution < -0.4 is 4.90 Å². The predicted octanol–water partition coefficient (Wildman–Crippen LogP) is 3.54. The van der Waals surface area contributed by atoms with Crippen molar-refractivity contribution in [2.45, 2.75) is 6.54 Å². The maximum Gasteiger partial charge on any atom is 0.0592 e. The summed E-state index contributed by atoms with van der Waals surface area (Å²) in [5, 5.41) is 2.10. The zero-order chi connectivity index (χ0) is 10.7. The van der Waals surface area contributed by atoms with Gasteiger partial charge < -0.3 is 4.90 Å². The molecule has 0 spiro atoms. The van der Waals surface area contributed by atoms with Crippen LogP contribution >= 0.6 is 27.3 Å². The number of anilines is 1. The molecule has 0 unspecified atom stereocenters. The van der Waals surface area contributed by atoms with Crippen LogP contribution in [0.25, 0.3) is 0 Å². The molecule has 2 aromatic heterocycles. The van der Waals surface area contributed by atoms with Crippen LogP contribution in [0, 0.1) is 0 Å². The minimum Gasteiger partial charge on any atom is -0.368 e. The van der Waals surface area contributed by atoms with Gasteiger partial charge in [-0.25, -0.2) is 0 Å². The van der Waals surface area contributed by atoms with E-state index in [0.29, 0.717) is 0 Å². The van der Waals surface area contributed by atoms with Crippen molar-refractivity contribution < 1.29 is 0 Å². The summed E-state index contributed by atoms with van der Waals surface area (Å²) in [5.41, 5.74) is 1.17. The predicted molar refractivity (Wildman–Crippen MR) is 68.4 cm³/mol. The van der Waals surface area contributed by atoms with Gasteiger partial charge in [0.25, 0.3) is 0 Å². The Morgan fingerprint density at radius 1 is 1.47 bits per heavy atom. The smallest absolute Gasteiger partial charge is 0.0592 e. The van der Waals surface area contributed by atoms with E-state index in [2.05, 4.69) is 50.4 Å². The molecular formula is C11H11BrN2S. The van der Waals surface area contributed by atoms with E-state index in [1.54, 1.807) is 11.3 Å². The van der Waals surface area contributed by atoms with Crippen LogP contribution in [0.3, 0.4) is 0 Å². The Bertz CT molecular complexity index is 428. The molecule has 0 atom stereocenters. The summed E-state index contributed by atoms with van der Waals surface area (Å²) in [4.78, 5) is 7.62. The number of nitrogens with zero attached hydrogens (tertiary/aromatic N) is 2.